The number of hydrogen-bond acceptors (Lipinski definition) is 1. The molecule has 0 aliphatic carbocycles. The van der Waals surface area contributed by atoms with Crippen molar-refractivity contribution in [2.75, 3.05) is 0 Å². The van der Waals surface area contributed by atoms with Crippen LogP contribution < -0.4 is 0 Å². The van der Waals surface area contributed by atoms with Gasteiger partial charge >= 0.3 is 0 Å². The van der Waals surface area contributed by atoms with Crippen LogP contribution in [0.2, 0.25) is 0 Å². The summed E-state index contributed by atoms with van der Waals surface area (Å²) in [7, 11) is 0. The first kappa shape index (κ1) is 16.2. The van der Waals surface area contributed by atoms with Crippen LogP contribution >= 0.6 is 11.8 Å². The zero-order valence-electron chi connectivity index (χ0n) is 13.6. The van der Waals surface area contributed by atoms with Crippen LogP contribution in [0.15, 0.2) is 58.3 Å². The molecule has 1 heteroatoms. The van der Waals surface area contributed by atoms with Gasteiger partial charge in [0.1, 0.15) is 0 Å². The van der Waals surface area contributed by atoms with E-state index in [1.807, 2.05) is 11.8 Å². The summed E-state index contributed by atoms with van der Waals surface area (Å²) in [5, 5.41) is 0. The summed E-state index contributed by atoms with van der Waals surface area (Å²) in [6, 6.07) is 18.1. The van der Waals surface area contributed by atoms with E-state index < -0.39 is 0 Å². The van der Waals surface area contributed by atoms with Crippen LogP contribution in [0, 0.1) is 0 Å². The van der Waals surface area contributed by atoms with Crippen molar-refractivity contribution in [2.24, 2.45) is 0 Å². The molecule has 0 aromatic heterocycles. The fourth-order valence-electron chi connectivity index (χ4n) is 2.34. The van der Waals surface area contributed by atoms with E-state index in [2.05, 4.69) is 76.2 Å². The lowest BCUT2D eigenvalue weighted by molar-refractivity contribution is 0.732. The predicted molar refractivity (Wildman–Crippen MR) is 94.4 cm³/mol. The highest BCUT2D eigenvalue weighted by Crippen LogP contribution is 2.30. The molecule has 2 rings (SSSR count). The first-order valence-corrected chi connectivity index (χ1v) is 8.83. The summed E-state index contributed by atoms with van der Waals surface area (Å²) in [6.45, 7) is 9.06. The van der Waals surface area contributed by atoms with E-state index in [9.17, 15) is 0 Å². The molecule has 0 N–H and O–H groups in total. The normalized spacial score (nSPS) is 13.9. The Bertz CT molecular complexity index is 488. The zero-order valence-corrected chi connectivity index (χ0v) is 14.4. The largest absolute Gasteiger partial charge is 0.0901 e. The molecule has 0 aliphatic rings. The highest BCUT2D eigenvalue weighted by Gasteiger charge is 2.05. The van der Waals surface area contributed by atoms with Gasteiger partial charge in [0.15, 0.2) is 0 Å². The minimum Gasteiger partial charge on any atom is -0.0901 e. The van der Waals surface area contributed by atoms with Gasteiger partial charge in [-0.1, -0.05) is 63.7 Å². The van der Waals surface area contributed by atoms with Crippen LogP contribution in [-0.2, 0) is 0 Å². The van der Waals surface area contributed by atoms with E-state index in [1.54, 1.807) is 0 Å². The van der Waals surface area contributed by atoms with E-state index in [-0.39, 0.29) is 0 Å². The van der Waals surface area contributed by atoms with Crippen molar-refractivity contribution in [1.29, 1.82) is 0 Å². The van der Waals surface area contributed by atoms with Crippen molar-refractivity contribution in [3.8, 4) is 0 Å². The molecule has 0 bridgehead atoms. The van der Waals surface area contributed by atoms with Gasteiger partial charge in [-0.05, 0) is 60.1 Å². The van der Waals surface area contributed by atoms with Crippen molar-refractivity contribution >= 4 is 11.8 Å². The topological polar surface area (TPSA) is 0 Å². The Morgan fingerprint density at radius 1 is 0.667 bits per heavy atom. The Morgan fingerprint density at radius 2 is 1.00 bits per heavy atom. The van der Waals surface area contributed by atoms with Gasteiger partial charge in [0, 0.05) is 9.79 Å². The van der Waals surface area contributed by atoms with Crippen LogP contribution in [0.5, 0.6) is 0 Å². The lowest BCUT2D eigenvalue weighted by Crippen LogP contribution is -1.91. The Labute approximate surface area is 134 Å². The Balaban J connectivity index is 2.04. The molecule has 0 saturated heterocycles. The van der Waals surface area contributed by atoms with Gasteiger partial charge in [-0.25, -0.2) is 0 Å². The molecule has 0 nitrogen and oxygen atoms in total. The summed E-state index contributed by atoms with van der Waals surface area (Å²) < 4.78 is 0. The third-order valence-corrected chi connectivity index (χ3v) is 5.37. The molecule has 0 saturated carbocycles. The van der Waals surface area contributed by atoms with Gasteiger partial charge < -0.3 is 0 Å². The molecule has 2 aromatic rings. The lowest BCUT2D eigenvalue weighted by Gasteiger charge is -2.11. The fraction of sp³-hybridized carbons (Fsp3) is 0.400. The Kier molecular flexibility index (Phi) is 5.93. The van der Waals surface area contributed by atoms with Gasteiger partial charge in [-0.3, -0.25) is 0 Å². The van der Waals surface area contributed by atoms with Crippen molar-refractivity contribution in [3.63, 3.8) is 0 Å². The molecule has 0 heterocycles. The molecule has 0 spiro atoms. The zero-order chi connectivity index (χ0) is 15.2. The SMILES string of the molecule is CCC(C)c1ccc(Sc2ccc(C(C)CC)cc2)cc1. The van der Waals surface area contributed by atoms with E-state index >= 15 is 0 Å². The van der Waals surface area contributed by atoms with E-state index in [1.165, 1.54) is 33.8 Å². The average Bonchev–Trinajstić information content (AvgIpc) is 2.55. The third-order valence-electron chi connectivity index (χ3n) is 4.36. The second-order valence-electron chi connectivity index (χ2n) is 5.86. The molecular weight excluding hydrogens is 272 g/mol. The van der Waals surface area contributed by atoms with Crippen LogP contribution in [0.4, 0.5) is 0 Å². The maximum atomic E-state index is 2.29. The van der Waals surface area contributed by atoms with Crippen LogP contribution in [0.3, 0.4) is 0 Å². The van der Waals surface area contributed by atoms with E-state index in [0.29, 0.717) is 11.8 Å². The van der Waals surface area contributed by atoms with Gasteiger partial charge in [-0.2, -0.15) is 0 Å². The second kappa shape index (κ2) is 7.70. The average molecular weight is 298 g/mol. The van der Waals surface area contributed by atoms with Gasteiger partial charge in [0.05, 0.1) is 0 Å². The molecule has 0 aliphatic heterocycles. The van der Waals surface area contributed by atoms with Gasteiger partial charge in [0.2, 0.25) is 0 Å². The summed E-state index contributed by atoms with van der Waals surface area (Å²) >= 11 is 1.84. The van der Waals surface area contributed by atoms with Crippen LogP contribution in [0.25, 0.3) is 0 Å². The highest BCUT2D eigenvalue weighted by atomic mass is 32.2. The molecule has 2 aromatic carbocycles. The van der Waals surface area contributed by atoms with Crippen LogP contribution in [0.1, 0.15) is 63.5 Å². The maximum absolute atomic E-state index is 2.29. The standard InChI is InChI=1S/C20H26S/c1-5-15(3)17-7-11-19(12-8-17)21-20-13-9-18(10-14-20)16(4)6-2/h7-16H,5-6H2,1-4H3. The maximum Gasteiger partial charge on any atom is 0.0122 e. The minimum atomic E-state index is 0.652. The Hall–Kier alpha value is -1.21. The molecule has 2 atom stereocenters. The van der Waals surface area contributed by atoms with E-state index in [4.69, 9.17) is 0 Å². The number of benzene rings is 2. The minimum absolute atomic E-state index is 0.652. The van der Waals surface area contributed by atoms with Gasteiger partial charge in [0.25, 0.3) is 0 Å². The van der Waals surface area contributed by atoms with Gasteiger partial charge in [-0.15, -0.1) is 0 Å². The number of hydrogen-bond donors (Lipinski definition) is 0. The van der Waals surface area contributed by atoms with Crippen molar-refractivity contribution in [1.82, 2.24) is 0 Å². The summed E-state index contributed by atoms with van der Waals surface area (Å²) in [6.07, 6.45) is 2.40. The first-order chi connectivity index (χ1) is 10.1. The quantitative estimate of drug-likeness (QED) is 0.561. The Morgan fingerprint density at radius 3 is 1.29 bits per heavy atom. The molecule has 2 unspecified atom stereocenters. The third kappa shape index (κ3) is 4.38. The van der Waals surface area contributed by atoms with E-state index in [0.717, 1.165) is 0 Å². The fourth-order valence-corrected chi connectivity index (χ4v) is 3.15. The van der Waals surface area contributed by atoms with Crippen molar-refractivity contribution in [3.05, 3.63) is 59.7 Å². The van der Waals surface area contributed by atoms with Crippen LogP contribution in [-0.4, -0.2) is 0 Å². The molecular formula is C20H26S. The summed E-state index contributed by atoms with van der Waals surface area (Å²) in [5.74, 6) is 1.30. The monoisotopic (exact) mass is 298 g/mol. The van der Waals surface area contributed by atoms with Crippen molar-refractivity contribution in [2.45, 2.75) is 62.2 Å². The smallest absolute Gasteiger partial charge is 0.0122 e. The highest BCUT2D eigenvalue weighted by molar-refractivity contribution is 7.99. The molecule has 112 valence electrons. The second-order valence-corrected chi connectivity index (χ2v) is 7.01. The number of rotatable bonds is 6. The predicted octanol–water partition coefficient (Wildman–Crippen LogP) is 6.86. The molecule has 0 fully saturated rings. The summed E-state index contributed by atoms with van der Waals surface area (Å²) in [4.78, 5) is 2.64. The molecule has 0 radical (unpaired) electrons. The molecule has 0 amide bonds. The van der Waals surface area contributed by atoms with Crippen molar-refractivity contribution < 1.29 is 0 Å². The molecule has 21 heavy (non-hydrogen) atoms. The summed E-state index contributed by atoms with van der Waals surface area (Å²) in [5.41, 5.74) is 2.88. The lowest BCUT2D eigenvalue weighted by atomic mass is 9.99. The first-order valence-electron chi connectivity index (χ1n) is 8.01.